The highest BCUT2D eigenvalue weighted by atomic mass is 16.5. The number of fused-ring (bicyclic) bond motifs is 1. The molecule has 27 heavy (non-hydrogen) atoms. The molecule has 1 amide bonds. The minimum absolute atomic E-state index is 0.00913. The van der Waals surface area contributed by atoms with E-state index in [1.54, 1.807) is 18.3 Å². The molecule has 5 heteroatoms. The van der Waals surface area contributed by atoms with Gasteiger partial charge in [-0.15, -0.1) is 0 Å². The fourth-order valence-electron chi connectivity index (χ4n) is 3.10. The van der Waals surface area contributed by atoms with Crippen LogP contribution in [0.25, 0.3) is 0 Å². The summed E-state index contributed by atoms with van der Waals surface area (Å²) in [7, 11) is 0. The SMILES string of the molecule is O=C(COc1cccc(Oc2ccccn2)c1)N1CCc2ccccc2C1. The molecule has 0 fully saturated rings. The molecule has 2 heterocycles. The van der Waals surface area contributed by atoms with Gasteiger partial charge in [0.15, 0.2) is 6.61 Å². The summed E-state index contributed by atoms with van der Waals surface area (Å²) in [5.41, 5.74) is 2.53. The molecule has 0 aliphatic carbocycles. The average Bonchev–Trinajstić information content (AvgIpc) is 2.73. The van der Waals surface area contributed by atoms with Gasteiger partial charge in [0.2, 0.25) is 5.88 Å². The molecule has 4 rings (SSSR count). The molecule has 0 N–H and O–H groups in total. The van der Waals surface area contributed by atoms with Gasteiger partial charge in [0.1, 0.15) is 11.5 Å². The Morgan fingerprint density at radius 3 is 2.63 bits per heavy atom. The first-order valence-electron chi connectivity index (χ1n) is 8.94. The predicted octanol–water partition coefficient (Wildman–Crippen LogP) is 3.84. The number of nitrogens with zero attached hydrogens (tertiary/aromatic N) is 2. The summed E-state index contributed by atoms with van der Waals surface area (Å²) < 4.78 is 11.4. The number of hydrogen-bond donors (Lipinski definition) is 0. The van der Waals surface area contributed by atoms with E-state index in [2.05, 4.69) is 17.1 Å². The first kappa shape index (κ1) is 17.1. The zero-order chi connectivity index (χ0) is 18.5. The topological polar surface area (TPSA) is 51.7 Å². The maximum Gasteiger partial charge on any atom is 0.260 e. The molecule has 1 aliphatic heterocycles. The van der Waals surface area contributed by atoms with Crippen molar-refractivity contribution in [3.8, 4) is 17.4 Å². The molecule has 0 spiro atoms. The average molecular weight is 360 g/mol. The third kappa shape index (κ3) is 4.26. The lowest BCUT2D eigenvalue weighted by atomic mass is 10.00. The van der Waals surface area contributed by atoms with E-state index in [0.717, 1.165) is 13.0 Å². The molecule has 1 aliphatic rings. The molecule has 1 aromatic heterocycles. The quantitative estimate of drug-likeness (QED) is 0.694. The summed E-state index contributed by atoms with van der Waals surface area (Å²) in [6.07, 6.45) is 2.56. The maximum absolute atomic E-state index is 12.5. The summed E-state index contributed by atoms with van der Waals surface area (Å²) in [6.45, 7) is 1.37. The van der Waals surface area contributed by atoms with Crippen LogP contribution in [0.2, 0.25) is 0 Å². The molecule has 0 saturated heterocycles. The molecular formula is C22H20N2O3. The van der Waals surface area contributed by atoms with Gasteiger partial charge in [-0.05, 0) is 35.7 Å². The lowest BCUT2D eigenvalue weighted by molar-refractivity contribution is -0.134. The number of aromatic nitrogens is 1. The van der Waals surface area contributed by atoms with Crippen molar-refractivity contribution in [2.45, 2.75) is 13.0 Å². The van der Waals surface area contributed by atoms with Crippen molar-refractivity contribution < 1.29 is 14.3 Å². The van der Waals surface area contributed by atoms with Crippen LogP contribution >= 0.6 is 0 Å². The van der Waals surface area contributed by atoms with Gasteiger partial charge < -0.3 is 14.4 Å². The lowest BCUT2D eigenvalue weighted by Gasteiger charge is -2.28. The van der Waals surface area contributed by atoms with E-state index in [-0.39, 0.29) is 12.5 Å². The highest BCUT2D eigenvalue weighted by Gasteiger charge is 2.20. The van der Waals surface area contributed by atoms with Crippen molar-refractivity contribution in [3.63, 3.8) is 0 Å². The van der Waals surface area contributed by atoms with E-state index < -0.39 is 0 Å². The number of amides is 1. The fourth-order valence-corrected chi connectivity index (χ4v) is 3.10. The smallest absolute Gasteiger partial charge is 0.260 e. The largest absolute Gasteiger partial charge is 0.484 e. The molecule has 0 saturated carbocycles. The number of carbonyl (C=O) groups excluding carboxylic acids is 1. The third-order valence-electron chi connectivity index (χ3n) is 4.51. The van der Waals surface area contributed by atoms with Crippen LogP contribution in [0.3, 0.4) is 0 Å². The van der Waals surface area contributed by atoms with Gasteiger partial charge in [-0.25, -0.2) is 4.98 Å². The van der Waals surface area contributed by atoms with Crippen LogP contribution in [0.5, 0.6) is 17.4 Å². The van der Waals surface area contributed by atoms with Gasteiger partial charge in [-0.2, -0.15) is 0 Å². The number of carbonyl (C=O) groups is 1. The number of ether oxygens (including phenoxy) is 2. The Labute approximate surface area is 158 Å². The molecule has 0 atom stereocenters. The Morgan fingerprint density at radius 2 is 1.78 bits per heavy atom. The standard InChI is InChI=1S/C22H20N2O3/c25-22(24-13-11-17-6-1-2-7-18(17)15-24)16-26-19-8-5-9-20(14-19)27-21-10-3-4-12-23-21/h1-10,12,14H,11,13,15-16H2. The molecule has 136 valence electrons. The molecule has 0 radical (unpaired) electrons. The monoisotopic (exact) mass is 360 g/mol. The van der Waals surface area contributed by atoms with E-state index in [4.69, 9.17) is 9.47 Å². The van der Waals surface area contributed by atoms with Gasteiger partial charge in [-0.3, -0.25) is 4.79 Å². The van der Waals surface area contributed by atoms with Crippen LogP contribution in [0.1, 0.15) is 11.1 Å². The van der Waals surface area contributed by atoms with Crippen molar-refractivity contribution in [3.05, 3.63) is 84.1 Å². The second-order valence-electron chi connectivity index (χ2n) is 6.37. The zero-order valence-corrected chi connectivity index (χ0v) is 14.9. The molecule has 3 aromatic rings. The minimum atomic E-state index is -0.0134. The molecule has 0 bridgehead atoms. The Bertz CT molecular complexity index is 928. The highest BCUT2D eigenvalue weighted by molar-refractivity contribution is 5.78. The van der Waals surface area contributed by atoms with Gasteiger partial charge in [0, 0.05) is 31.4 Å². The summed E-state index contributed by atoms with van der Waals surface area (Å²) >= 11 is 0. The summed E-state index contributed by atoms with van der Waals surface area (Å²) in [5, 5.41) is 0. The first-order valence-corrected chi connectivity index (χ1v) is 8.94. The Morgan fingerprint density at radius 1 is 0.963 bits per heavy atom. The van der Waals surface area contributed by atoms with Crippen LogP contribution in [0, 0.1) is 0 Å². The summed E-state index contributed by atoms with van der Waals surface area (Å²) in [6, 6.07) is 20.9. The maximum atomic E-state index is 12.5. The normalized spacial score (nSPS) is 13.0. The van der Waals surface area contributed by atoms with Crippen molar-refractivity contribution in [2.24, 2.45) is 0 Å². The lowest BCUT2D eigenvalue weighted by Crippen LogP contribution is -2.38. The minimum Gasteiger partial charge on any atom is -0.484 e. The first-order chi connectivity index (χ1) is 13.3. The summed E-state index contributed by atoms with van der Waals surface area (Å²) in [4.78, 5) is 18.5. The fraction of sp³-hybridized carbons (Fsp3) is 0.182. The molecular weight excluding hydrogens is 340 g/mol. The van der Waals surface area contributed by atoms with Crippen LogP contribution in [0.4, 0.5) is 0 Å². The molecule has 0 unspecified atom stereocenters. The van der Waals surface area contributed by atoms with Crippen molar-refractivity contribution >= 4 is 5.91 Å². The van der Waals surface area contributed by atoms with Crippen LogP contribution in [-0.2, 0) is 17.8 Å². The van der Waals surface area contributed by atoms with Crippen molar-refractivity contribution in [1.82, 2.24) is 9.88 Å². The number of benzene rings is 2. The predicted molar refractivity (Wildman–Crippen MR) is 102 cm³/mol. The Kier molecular flexibility index (Phi) is 5.01. The molecule has 2 aromatic carbocycles. The van der Waals surface area contributed by atoms with Crippen LogP contribution in [-0.4, -0.2) is 28.9 Å². The number of rotatable bonds is 5. The van der Waals surface area contributed by atoms with Crippen LogP contribution < -0.4 is 9.47 Å². The van der Waals surface area contributed by atoms with Gasteiger partial charge in [0.05, 0.1) is 0 Å². The van der Waals surface area contributed by atoms with E-state index in [0.29, 0.717) is 23.9 Å². The van der Waals surface area contributed by atoms with Crippen molar-refractivity contribution in [1.29, 1.82) is 0 Å². The second kappa shape index (κ2) is 7.91. The number of pyridine rings is 1. The van der Waals surface area contributed by atoms with Crippen molar-refractivity contribution in [2.75, 3.05) is 13.2 Å². The third-order valence-corrected chi connectivity index (χ3v) is 4.51. The van der Waals surface area contributed by atoms with Gasteiger partial charge in [0.25, 0.3) is 5.91 Å². The second-order valence-corrected chi connectivity index (χ2v) is 6.37. The van der Waals surface area contributed by atoms with E-state index in [9.17, 15) is 4.79 Å². The van der Waals surface area contributed by atoms with Gasteiger partial charge >= 0.3 is 0 Å². The number of hydrogen-bond acceptors (Lipinski definition) is 4. The Balaban J connectivity index is 1.35. The summed E-state index contributed by atoms with van der Waals surface area (Å²) in [5.74, 6) is 1.71. The van der Waals surface area contributed by atoms with E-state index in [1.165, 1.54) is 11.1 Å². The highest BCUT2D eigenvalue weighted by Crippen LogP contribution is 2.24. The van der Waals surface area contributed by atoms with E-state index >= 15 is 0 Å². The van der Waals surface area contributed by atoms with Gasteiger partial charge in [-0.1, -0.05) is 36.4 Å². The van der Waals surface area contributed by atoms with Crippen LogP contribution in [0.15, 0.2) is 72.9 Å². The zero-order valence-electron chi connectivity index (χ0n) is 14.9. The molecule has 5 nitrogen and oxygen atoms in total. The van der Waals surface area contributed by atoms with E-state index in [1.807, 2.05) is 47.4 Å². The Hall–Kier alpha value is -3.34.